The van der Waals surface area contributed by atoms with Crippen molar-refractivity contribution in [2.24, 2.45) is 0 Å². The van der Waals surface area contributed by atoms with Crippen LogP contribution in [-0.4, -0.2) is 33.0 Å². The van der Waals surface area contributed by atoms with E-state index >= 15 is 0 Å². The summed E-state index contributed by atoms with van der Waals surface area (Å²) in [5.41, 5.74) is 0.990. The number of sulfonamides is 1. The van der Waals surface area contributed by atoms with Crippen molar-refractivity contribution in [3.8, 4) is 0 Å². The number of carbonyl (C=O) groups excluding carboxylic acids is 1. The highest BCUT2D eigenvalue weighted by Gasteiger charge is 2.20. The highest BCUT2D eigenvalue weighted by atomic mass is 32.2. The molecule has 2 aromatic rings. The number of amides is 1. The van der Waals surface area contributed by atoms with Gasteiger partial charge in [-0.05, 0) is 42.0 Å². The SMILES string of the molecule is CON(C)S(=O)(=O)c1ccc(NC(=O)Cc2cccc(F)c2)cc1. The minimum absolute atomic E-state index is 0.0181. The molecule has 1 N–H and O–H groups in total. The summed E-state index contributed by atoms with van der Waals surface area (Å²) < 4.78 is 37.9. The van der Waals surface area contributed by atoms with Crippen molar-refractivity contribution in [3.05, 3.63) is 59.9 Å². The number of hydrogen-bond donors (Lipinski definition) is 1. The lowest BCUT2D eigenvalue weighted by Gasteiger charge is -2.14. The van der Waals surface area contributed by atoms with Crippen LogP contribution in [-0.2, 0) is 26.1 Å². The van der Waals surface area contributed by atoms with E-state index < -0.39 is 15.8 Å². The van der Waals surface area contributed by atoms with Crippen LogP contribution in [0.15, 0.2) is 53.4 Å². The lowest BCUT2D eigenvalue weighted by molar-refractivity contribution is -0.115. The van der Waals surface area contributed by atoms with E-state index in [1.54, 1.807) is 6.07 Å². The molecular weight excluding hydrogens is 335 g/mol. The summed E-state index contributed by atoms with van der Waals surface area (Å²) in [6, 6.07) is 11.4. The standard InChI is InChI=1S/C16H17FN2O4S/c1-19(23-2)24(21,22)15-8-6-14(7-9-15)18-16(20)11-12-4-3-5-13(17)10-12/h3-10H,11H2,1-2H3,(H,18,20). The first kappa shape index (κ1) is 18.1. The number of anilines is 1. The molecule has 128 valence electrons. The molecule has 0 aromatic heterocycles. The van der Waals surface area contributed by atoms with Gasteiger partial charge in [-0.3, -0.25) is 9.63 Å². The van der Waals surface area contributed by atoms with Crippen LogP contribution >= 0.6 is 0 Å². The Kier molecular flexibility index (Phi) is 5.66. The molecule has 0 saturated heterocycles. The summed E-state index contributed by atoms with van der Waals surface area (Å²) in [5.74, 6) is -0.734. The smallest absolute Gasteiger partial charge is 0.264 e. The van der Waals surface area contributed by atoms with Crippen LogP contribution in [0.3, 0.4) is 0 Å². The summed E-state index contributed by atoms with van der Waals surface area (Å²) in [5, 5.41) is 2.63. The van der Waals surface area contributed by atoms with Gasteiger partial charge in [0, 0.05) is 12.7 Å². The Morgan fingerprint density at radius 2 is 1.88 bits per heavy atom. The summed E-state index contributed by atoms with van der Waals surface area (Å²) in [7, 11) is -1.20. The van der Waals surface area contributed by atoms with Gasteiger partial charge in [-0.25, -0.2) is 12.8 Å². The van der Waals surface area contributed by atoms with Gasteiger partial charge in [-0.15, -0.1) is 0 Å². The van der Waals surface area contributed by atoms with Crippen molar-refractivity contribution >= 4 is 21.6 Å². The molecule has 0 radical (unpaired) electrons. The van der Waals surface area contributed by atoms with Gasteiger partial charge < -0.3 is 5.32 Å². The van der Waals surface area contributed by atoms with Gasteiger partial charge in [-0.1, -0.05) is 16.6 Å². The van der Waals surface area contributed by atoms with Crippen LogP contribution in [0.4, 0.5) is 10.1 Å². The van der Waals surface area contributed by atoms with E-state index in [2.05, 4.69) is 10.2 Å². The maximum atomic E-state index is 13.1. The second kappa shape index (κ2) is 7.52. The van der Waals surface area contributed by atoms with E-state index in [0.29, 0.717) is 11.3 Å². The third kappa shape index (κ3) is 4.38. The molecular formula is C16H17FN2O4S. The third-order valence-electron chi connectivity index (χ3n) is 3.29. The van der Waals surface area contributed by atoms with E-state index in [1.165, 1.54) is 56.6 Å². The Hall–Kier alpha value is -2.29. The predicted octanol–water partition coefficient (Wildman–Crippen LogP) is 2.19. The number of rotatable bonds is 6. The molecule has 8 heteroatoms. The summed E-state index contributed by atoms with van der Waals surface area (Å²) in [4.78, 5) is 16.7. The van der Waals surface area contributed by atoms with Crippen LogP contribution < -0.4 is 5.32 Å². The number of benzene rings is 2. The van der Waals surface area contributed by atoms with Crippen LogP contribution in [0, 0.1) is 5.82 Å². The number of nitrogens with one attached hydrogen (secondary N) is 1. The van der Waals surface area contributed by atoms with Gasteiger partial charge in [0.2, 0.25) is 5.91 Å². The zero-order valence-electron chi connectivity index (χ0n) is 13.2. The van der Waals surface area contributed by atoms with Crippen molar-refractivity contribution < 1.29 is 22.4 Å². The number of hydrogen-bond acceptors (Lipinski definition) is 4. The maximum absolute atomic E-state index is 13.1. The highest BCUT2D eigenvalue weighted by molar-refractivity contribution is 7.89. The van der Waals surface area contributed by atoms with Crippen LogP contribution in [0.5, 0.6) is 0 Å². The van der Waals surface area contributed by atoms with E-state index in [4.69, 9.17) is 0 Å². The minimum Gasteiger partial charge on any atom is -0.326 e. The Bertz CT molecular complexity index is 822. The zero-order chi connectivity index (χ0) is 17.7. The number of carbonyl (C=O) groups is 1. The molecule has 0 atom stereocenters. The van der Waals surface area contributed by atoms with Gasteiger partial charge >= 0.3 is 0 Å². The lowest BCUT2D eigenvalue weighted by Crippen LogP contribution is -2.25. The van der Waals surface area contributed by atoms with Gasteiger partial charge in [-0.2, -0.15) is 0 Å². The largest absolute Gasteiger partial charge is 0.326 e. The number of nitrogens with zero attached hydrogens (tertiary/aromatic N) is 1. The van der Waals surface area contributed by atoms with Gasteiger partial charge in [0.1, 0.15) is 5.82 Å². The second-order valence-corrected chi connectivity index (χ2v) is 6.91. The van der Waals surface area contributed by atoms with Crippen molar-refractivity contribution in [2.45, 2.75) is 11.3 Å². The average Bonchev–Trinajstić information content (AvgIpc) is 2.54. The predicted molar refractivity (Wildman–Crippen MR) is 87.1 cm³/mol. The first-order valence-electron chi connectivity index (χ1n) is 7.00. The third-order valence-corrected chi connectivity index (χ3v) is 4.98. The Morgan fingerprint density at radius 1 is 1.21 bits per heavy atom. The lowest BCUT2D eigenvalue weighted by atomic mass is 10.1. The Morgan fingerprint density at radius 3 is 2.46 bits per heavy atom. The number of halogens is 1. The molecule has 24 heavy (non-hydrogen) atoms. The van der Waals surface area contributed by atoms with Crippen LogP contribution in [0.1, 0.15) is 5.56 Å². The summed E-state index contributed by atoms with van der Waals surface area (Å²) in [6.07, 6.45) is 0.0181. The second-order valence-electron chi connectivity index (χ2n) is 4.98. The van der Waals surface area contributed by atoms with Gasteiger partial charge in [0.05, 0.1) is 18.4 Å². The van der Waals surface area contributed by atoms with E-state index in [0.717, 1.165) is 4.47 Å². The molecule has 2 rings (SSSR count). The van der Waals surface area contributed by atoms with Crippen molar-refractivity contribution in [3.63, 3.8) is 0 Å². The quantitative estimate of drug-likeness (QED) is 0.809. The van der Waals surface area contributed by atoms with Gasteiger partial charge in [0.25, 0.3) is 10.0 Å². The van der Waals surface area contributed by atoms with Crippen LogP contribution in [0.25, 0.3) is 0 Å². The molecule has 6 nitrogen and oxygen atoms in total. The molecule has 0 heterocycles. The molecule has 0 spiro atoms. The molecule has 0 aliphatic rings. The fourth-order valence-corrected chi connectivity index (χ4v) is 2.97. The maximum Gasteiger partial charge on any atom is 0.264 e. The summed E-state index contributed by atoms with van der Waals surface area (Å²) >= 11 is 0. The highest BCUT2D eigenvalue weighted by Crippen LogP contribution is 2.17. The molecule has 0 bridgehead atoms. The fraction of sp³-hybridized carbons (Fsp3) is 0.188. The summed E-state index contributed by atoms with van der Waals surface area (Å²) in [6.45, 7) is 0. The first-order valence-corrected chi connectivity index (χ1v) is 8.44. The van der Waals surface area contributed by atoms with Crippen molar-refractivity contribution in [2.75, 3.05) is 19.5 Å². The molecule has 0 fully saturated rings. The molecule has 0 saturated carbocycles. The Balaban J connectivity index is 2.05. The number of hydroxylamine groups is 1. The van der Waals surface area contributed by atoms with Crippen molar-refractivity contribution in [1.29, 1.82) is 0 Å². The molecule has 2 aromatic carbocycles. The zero-order valence-corrected chi connectivity index (χ0v) is 14.0. The van der Waals surface area contributed by atoms with E-state index in [-0.39, 0.29) is 17.2 Å². The van der Waals surface area contributed by atoms with Crippen LogP contribution in [0.2, 0.25) is 0 Å². The molecule has 0 aliphatic carbocycles. The molecule has 0 aliphatic heterocycles. The van der Waals surface area contributed by atoms with Gasteiger partial charge in [0.15, 0.2) is 0 Å². The average molecular weight is 352 g/mol. The topological polar surface area (TPSA) is 75.7 Å². The molecule has 1 amide bonds. The fourth-order valence-electron chi connectivity index (χ4n) is 1.99. The minimum atomic E-state index is -3.73. The van der Waals surface area contributed by atoms with E-state index in [9.17, 15) is 17.6 Å². The van der Waals surface area contributed by atoms with E-state index in [1.807, 2.05) is 0 Å². The normalized spacial score (nSPS) is 11.5. The Labute approximate surface area is 139 Å². The first-order chi connectivity index (χ1) is 11.3. The monoisotopic (exact) mass is 352 g/mol. The molecule has 0 unspecified atom stereocenters. The van der Waals surface area contributed by atoms with Crippen molar-refractivity contribution in [1.82, 2.24) is 4.47 Å².